The zero-order valence-corrected chi connectivity index (χ0v) is 15.6. The third-order valence-corrected chi connectivity index (χ3v) is 4.56. The highest BCUT2D eigenvalue weighted by molar-refractivity contribution is 5.29. The fourth-order valence-electron chi connectivity index (χ4n) is 3.12. The topological polar surface area (TPSA) is 98.3 Å². The normalized spacial score (nSPS) is 14.8. The van der Waals surface area contributed by atoms with Gasteiger partial charge in [-0.2, -0.15) is 0 Å². The maximum absolute atomic E-state index is 12.7. The van der Waals surface area contributed by atoms with Gasteiger partial charge in [-0.15, -0.1) is 13.2 Å². The van der Waals surface area contributed by atoms with Crippen molar-refractivity contribution in [3.8, 4) is 0 Å². The zero-order chi connectivity index (χ0) is 20.1. The van der Waals surface area contributed by atoms with Gasteiger partial charge in [0, 0.05) is 38.6 Å². The van der Waals surface area contributed by atoms with Gasteiger partial charge in [-0.05, 0) is 6.07 Å². The van der Waals surface area contributed by atoms with Gasteiger partial charge in [0.05, 0.1) is 19.8 Å². The third-order valence-electron chi connectivity index (χ3n) is 4.56. The van der Waals surface area contributed by atoms with E-state index in [9.17, 15) is 14.4 Å². The molecule has 148 valence electrons. The number of hydrogen-bond acceptors (Lipinski definition) is 7. The highest BCUT2D eigenvalue weighted by Gasteiger charge is 2.21. The molecule has 0 aromatic carbocycles. The summed E-state index contributed by atoms with van der Waals surface area (Å²) >= 11 is 0. The fourth-order valence-corrected chi connectivity index (χ4v) is 3.12. The summed E-state index contributed by atoms with van der Waals surface area (Å²) in [5.74, 6) is 0.659. The molecule has 0 unspecified atom stereocenters. The van der Waals surface area contributed by atoms with Crippen LogP contribution in [0.15, 0.2) is 58.2 Å². The highest BCUT2D eigenvalue weighted by Crippen LogP contribution is 2.09. The second-order valence-corrected chi connectivity index (χ2v) is 6.37. The minimum atomic E-state index is -0.655. The van der Waals surface area contributed by atoms with Gasteiger partial charge in [0.15, 0.2) is 0 Å². The van der Waals surface area contributed by atoms with Gasteiger partial charge in [0.2, 0.25) is 5.95 Å². The Hall–Kier alpha value is -3.27. The summed E-state index contributed by atoms with van der Waals surface area (Å²) < 4.78 is 3.10. The van der Waals surface area contributed by atoms with Gasteiger partial charge in [0.1, 0.15) is 0 Å². The Kier molecular flexibility index (Phi) is 5.99. The van der Waals surface area contributed by atoms with E-state index in [0.717, 1.165) is 13.7 Å². The lowest BCUT2D eigenvalue weighted by Crippen LogP contribution is -2.57. The van der Waals surface area contributed by atoms with E-state index in [4.69, 9.17) is 0 Å². The van der Waals surface area contributed by atoms with Crippen LogP contribution in [0.4, 0.5) is 5.95 Å². The summed E-state index contributed by atoms with van der Waals surface area (Å²) in [4.78, 5) is 50.3. The maximum atomic E-state index is 12.7. The SMILES string of the molecule is C=CCn1c(=O)n(CC=C)c(=O)n(CN2CCN(c3ncccn3)CC2)c1=O. The van der Waals surface area contributed by atoms with Gasteiger partial charge < -0.3 is 4.90 Å². The second-order valence-electron chi connectivity index (χ2n) is 6.37. The van der Waals surface area contributed by atoms with Crippen LogP contribution in [0.5, 0.6) is 0 Å². The number of nitrogens with zero attached hydrogens (tertiary/aromatic N) is 7. The van der Waals surface area contributed by atoms with Crippen LogP contribution < -0.4 is 22.0 Å². The predicted octanol–water partition coefficient (Wildman–Crippen LogP) is -0.887. The number of aromatic nitrogens is 5. The average Bonchev–Trinajstić information content (AvgIpc) is 2.73. The van der Waals surface area contributed by atoms with Crippen molar-refractivity contribution >= 4 is 5.95 Å². The second kappa shape index (κ2) is 8.61. The Bertz CT molecular complexity index is 966. The predicted molar refractivity (Wildman–Crippen MR) is 105 cm³/mol. The average molecular weight is 385 g/mol. The largest absolute Gasteiger partial charge is 0.338 e. The van der Waals surface area contributed by atoms with Crippen molar-refractivity contribution in [2.75, 3.05) is 31.1 Å². The molecule has 1 fully saturated rings. The number of anilines is 1. The lowest BCUT2D eigenvalue weighted by molar-refractivity contribution is 0.192. The molecule has 0 saturated carbocycles. The molecule has 1 aliphatic heterocycles. The van der Waals surface area contributed by atoms with E-state index in [-0.39, 0.29) is 19.8 Å². The van der Waals surface area contributed by atoms with Crippen molar-refractivity contribution in [3.63, 3.8) is 0 Å². The van der Waals surface area contributed by atoms with Crippen LogP contribution in [0.1, 0.15) is 0 Å². The van der Waals surface area contributed by atoms with E-state index in [1.807, 2.05) is 9.80 Å². The van der Waals surface area contributed by atoms with E-state index < -0.39 is 17.1 Å². The summed E-state index contributed by atoms with van der Waals surface area (Å²) in [7, 11) is 0. The lowest BCUT2D eigenvalue weighted by Gasteiger charge is -2.34. The van der Waals surface area contributed by atoms with Crippen LogP contribution >= 0.6 is 0 Å². The molecule has 3 heterocycles. The smallest absolute Gasteiger partial charge is 0.337 e. The molecular weight excluding hydrogens is 362 g/mol. The van der Waals surface area contributed by atoms with Gasteiger partial charge in [-0.3, -0.25) is 4.90 Å². The first-order chi connectivity index (χ1) is 13.6. The minimum Gasteiger partial charge on any atom is -0.338 e. The molecule has 1 saturated heterocycles. The zero-order valence-electron chi connectivity index (χ0n) is 15.6. The van der Waals surface area contributed by atoms with Crippen LogP contribution in [-0.2, 0) is 19.8 Å². The molecule has 3 rings (SSSR count). The van der Waals surface area contributed by atoms with Gasteiger partial charge in [-0.25, -0.2) is 38.1 Å². The molecule has 10 heteroatoms. The van der Waals surface area contributed by atoms with Crippen molar-refractivity contribution in [1.82, 2.24) is 28.6 Å². The number of allylic oxidation sites excluding steroid dienone is 2. The number of piperazine rings is 1. The van der Waals surface area contributed by atoms with Crippen molar-refractivity contribution in [3.05, 3.63) is 75.2 Å². The first-order valence-corrected chi connectivity index (χ1v) is 8.97. The summed E-state index contributed by atoms with van der Waals surface area (Å²) in [5.41, 5.74) is -1.93. The molecule has 0 spiro atoms. The Balaban J connectivity index is 1.83. The van der Waals surface area contributed by atoms with Crippen molar-refractivity contribution in [2.24, 2.45) is 0 Å². The Labute approximate surface area is 161 Å². The monoisotopic (exact) mass is 385 g/mol. The van der Waals surface area contributed by atoms with Crippen molar-refractivity contribution in [2.45, 2.75) is 19.8 Å². The molecule has 28 heavy (non-hydrogen) atoms. The molecule has 2 aromatic heterocycles. The van der Waals surface area contributed by atoms with Gasteiger partial charge in [-0.1, -0.05) is 12.2 Å². The molecule has 0 atom stereocenters. The van der Waals surface area contributed by atoms with Gasteiger partial charge >= 0.3 is 17.1 Å². The Morgan fingerprint density at radius 3 is 1.82 bits per heavy atom. The Morgan fingerprint density at radius 1 is 0.821 bits per heavy atom. The van der Waals surface area contributed by atoms with Crippen molar-refractivity contribution < 1.29 is 0 Å². The third kappa shape index (κ3) is 3.86. The van der Waals surface area contributed by atoms with E-state index in [1.54, 1.807) is 18.5 Å². The van der Waals surface area contributed by atoms with Gasteiger partial charge in [0.25, 0.3) is 0 Å². The van der Waals surface area contributed by atoms with Crippen LogP contribution in [0.3, 0.4) is 0 Å². The van der Waals surface area contributed by atoms with Crippen molar-refractivity contribution in [1.29, 1.82) is 0 Å². The number of hydrogen-bond donors (Lipinski definition) is 0. The van der Waals surface area contributed by atoms with E-state index in [1.165, 1.54) is 12.2 Å². The molecule has 0 radical (unpaired) electrons. The molecule has 10 nitrogen and oxygen atoms in total. The summed E-state index contributed by atoms with van der Waals surface area (Å²) in [6.45, 7) is 9.94. The minimum absolute atomic E-state index is 0.0359. The van der Waals surface area contributed by atoms with Crippen LogP contribution in [0.25, 0.3) is 0 Å². The first-order valence-electron chi connectivity index (χ1n) is 8.97. The van der Waals surface area contributed by atoms with E-state index in [2.05, 4.69) is 23.1 Å². The van der Waals surface area contributed by atoms with Crippen LogP contribution in [-0.4, -0.2) is 54.7 Å². The molecular formula is C18H23N7O3. The molecule has 1 aliphatic rings. The van der Waals surface area contributed by atoms with Crippen LogP contribution in [0, 0.1) is 0 Å². The molecule has 0 N–H and O–H groups in total. The standard InChI is InChI=1S/C18H23N7O3/c1-3-8-23-16(26)24(9-4-2)18(28)25(17(23)27)14-21-10-12-22(13-11-21)15-19-6-5-7-20-15/h3-7H,1-2,8-14H2. The number of rotatable bonds is 7. The lowest BCUT2D eigenvalue weighted by atomic mass is 10.3. The first kappa shape index (κ1) is 19.5. The maximum Gasteiger partial charge on any atom is 0.337 e. The highest BCUT2D eigenvalue weighted by atomic mass is 16.2. The molecule has 0 aliphatic carbocycles. The Morgan fingerprint density at radius 2 is 1.32 bits per heavy atom. The molecule has 0 amide bonds. The summed E-state index contributed by atoms with van der Waals surface area (Å²) in [5, 5.41) is 0. The van der Waals surface area contributed by atoms with E-state index >= 15 is 0 Å². The molecule has 2 aromatic rings. The van der Waals surface area contributed by atoms with E-state index in [0.29, 0.717) is 32.1 Å². The van der Waals surface area contributed by atoms with Crippen LogP contribution in [0.2, 0.25) is 0 Å². The fraction of sp³-hybridized carbons (Fsp3) is 0.389. The summed E-state index contributed by atoms with van der Waals surface area (Å²) in [6.07, 6.45) is 6.29. The quantitative estimate of drug-likeness (QED) is 0.571. The molecule has 0 bridgehead atoms. The summed E-state index contributed by atoms with van der Waals surface area (Å²) in [6, 6.07) is 1.76.